The van der Waals surface area contributed by atoms with Gasteiger partial charge in [-0.25, -0.2) is 0 Å². The first-order chi connectivity index (χ1) is 29.6. The van der Waals surface area contributed by atoms with Crippen LogP contribution in [0.25, 0.3) is 0 Å². The molecule has 2 unspecified atom stereocenters. The predicted molar refractivity (Wildman–Crippen MR) is 229 cm³/mol. The van der Waals surface area contributed by atoms with E-state index in [0.29, 0.717) is 31.1 Å². The normalized spacial score (nSPS) is 21.3. The summed E-state index contributed by atoms with van der Waals surface area (Å²) < 4.78 is 13.7. The molecule has 2 heterocycles. The number of rotatable bonds is 27. The Bertz CT molecular complexity index is 1680. The minimum absolute atomic E-state index is 0.0956. The Balaban J connectivity index is 2.37. The first-order valence-corrected chi connectivity index (χ1v) is 21.9. The van der Waals surface area contributed by atoms with Crippen LogP contribution in [0, 0.1) is 17.8 Å². The summed E-state index contributed by atoms with van der Waals surface area (Å²) >= 11 is -2.14. The average Bonchev–Trinajstić information content (AvgIpc) is 3.87. The fraction of sp³-hybridized carbons (Fsp3) is 0.684. The Morgan fingerprint density at radius 3 is 2.14 bits per heavy atom. The van der Waals surface area contributed by atoms with E-state index in [1.807, 2.05) is 0 Å². The molecule has 0 bridgehead atoms. The second kappa shape index (κ2) is 26.0. The van der Waals surface area contributed by atoms with Crippen molar-refractivity contribution in [2.45, 2.75) is 88.9 Å². The van der Waals surface area contributed by atoms with Crippen LogP contribution < -0.4 is 54.8 Å². The summed E-state index contributed by atoms with van der Waals surface area (Å²) in [5.41, 5.74) is 22.5. The molecule has 356 valence electrons. The highest BCUT2D eigenvalue weighted by Gasteiger charge is 2.44. The fourth-order valence-corrected chi connectivity index (χ4v) is 7.98. The van der Waals surface area contributed by atoms with Gasteiger partial charge in [-0.2, -0.15) is 0 Å². The first kappa shape index (κ1) is 54.2. The lowest BCUT2D eigenvalue weighted by Gasteiger charge is -2.31. The molecule has 2 saturated heterocycles. The number of carbonyl (C=O) groups excluding carboxylic acids is 8. The van der Waals surface area contributed by atoms with Crippen LogP contribution >= 0.6 is 0 Å². The first-order valence-electron chi connectivity index (χ1n) is 20.5. The van der Waals surface area contributed by atoms with Gasteiger partial charge in [-0.1, -0.05) is 33.8 Å². The van der Waals surface area contributed by atoms with Crippen LogP contribution in [0.15, 0.2) is 23.9 Å². The van der Waals surface area contributed by atoms with E-state index >= 15 is 0 Å². The Morgan fingerprint density at radius 1 is 0.921 bits per heavy atom. The lowest BCUT2D eigenvalue weighted by atomic mass is 9.95. The second-order valence-electron chi connectivity index (χ2n) is 15.9. The molecule has 24 nitrogen and oxygen atoms in total. The average molecular weight is 915 g/mol. The number of hydrogen-bond donors (Lipinski definition) is 13. The van der Waals surface area contributed by atoms with E-state index in [4.69, 9.17) is 22.9 Å². The summed E-state index contributed by atoms with van der Waals surface area (Å²) in [5.74, 6) is -9.55. The number of β-amino-alcohol motifs (C(OH)–C–C–N with tert-alkyl or cyclic N) is 1. The summed E-state index contributed by atoms with van der Waals surface area (Å²) in [6.45, 7) is 12.6. The van der Waals surface area contributed by atoms with E-state index in [-0.39, 0.29) is 17.4 Å². The molecule has 0 spiro atoms. The zero-order valence-corrected chi connectivity index (χ0v) is 36.8. The van der Waals surface area contributed by atoms with Gasteiger partial charge in [-0.3, -0.25) is 43.3 Å². The van der Waals surface area contributed by atoms with Crippen molar-refractivity contribution in [2.24, 2.45) is 40.7 Å². The molecule has 0 saturated carbocycles. The van der Waals surface area contributed by atoms with Crippen molar-refractivity contribution in [2.75, 3.05) is 58.2 Å². The molecular formula is C38H66N12O12S. The van der Waals surface area contributed by atoms with E-state index in [0.717, 1.165) is 24.4 Å². The Hall–Kier alpha value is -4.89. The minimum atomic E-state index is -2.14. The number of hydrogen-bond acceptors (Lipinski definition) is 16. The highest BCUT2D eigenvalue weighted by Crippen LogP contribution is 2.22. The number of nitrogens with one attached hydrogen (secondary N) is 6. The van der Waals surface area contributed by atoms with Crippen molar-refractivity contribution >= 4 is 58.4 Å². The fourth-order valence-electron chi connectivity index (χ4n) is 6.98. The molecule has 25 heteroatoms. The van der Waals surface area contributed by atoms with Crippen molar-refractivity contribution in [3.63, 3.8) is 0 Å². The summed E-state index contributed by atoms with van der Waals surface area (Å²) in [7, 11) is 0. The number of amides is 8. The molecule has 0 aliphatic carbocycles. The van der Waals surface area contributed by atoms with E-state index in [2.05, 4.69) is 50.0 Å². The maximum Gasteiger partial charge on any atom is 0.248 e. The number of carbonyl (C=O) groups is 8. The van der Waals surface area contributed by atoms with Gasteiger partial charge in [0.1, 0.15) is 29.9 Å². The molecule has 2 aliphatic heterocycles. The number of nitrogens with zero attached hydrogens (tertiary/aromatic N) is 2. The maximum atomic E-state index is 14.1. The topological polar surface area (TPSA) is 403 Å². The van der Waals surface area contributed by atoms with Crippen LogP contribution in [0.1, 0.15) is 46.5 Å². The summed E-state index contributed by atoms with van der Waals surface area (Å²) in [5, 5.41) is 44.6. The number of likely N-dealkylation sites (tertiary alicyclic amines) is 2. The molecule has 0 radical (unpaired) electrons. The summed E-state index contributed by atoms with van der Waals surface area (Å²) in [6.07, 6.45) is -2.62. The minimum Gasteiger partial charge on any atom is -0.610 e. The molecule has 63 heavy (non-hydrogen) atoms. The quantitative estimate of drug-likeness (QED) is 0.0341. The monoisotopic (exact) mass is 914 g/mol. The Kier molecular flexibility index (Phi) is 22.4. The van der Waals surface area contributed by atoms with Crippen LogP contribution in [-0.4, -0.2) is 178 Å². The van der Waals surface area contributed by atoms with Gasteiger partial charge in [0, 0.05) is 48.8 Å². The van der Waals surface area contributed by atoms with Gasteiger partial charge in [-0.05, 0) is 37.9 Å². The summed E-state index contributed by atoms with van der Waals surface area (Å²) in [4.78, 5) is 107. The molecule has 11 atom stereocenters. The number of primary amides is 2. The van der Waals surface area contributed by atoms with Crippen LogP contribution in [0.2, 0.25) is 0 Å². The SMILES string of the molecule is C=C(CN1CCC(CN)C1)NC(=C)[S+]([O-])C[C@H](NC(=O)CNC(=O)[C@@H](NC(=O)CN)[C@@H](C)CC)C(=O)N[C@@H](CC(N)=O)C(=O)N1C[C@H](O)C[C@H]1C(=O)N[C@H](C(N)=O)[C@@H](C)[C@@H](O)CO. The lowest BCUT2D eigenvalue weighted by molar-refractivity contribution is -0.143. The largest absolute Gasteiger partial charge is 0.610 e. The molecule has 2 rings (SSSR count). The molecule has 2 aliphatic rings. The number of aliphatic hydroxyl groups is 3. The third-order valence-corrected chi connectivity index (χ3v) is 12.2. The zero-order valence-electron chi connectivity index (χ0n) is 36.0. The Labute approximate surface area is 369 Å². The zero-order chi connectivity index (χ0) is 47.7. The van der Waals surface area contributed by atoms with Gasteiger partial charge in [0.15, 0.2) is 6.04 Å². The molecule has 8 amide bonds. The van der Waals surface area contributed by atoms with Crippen molar-refractivity contribution in [1.82, 2.24) is 41.7 Å². The second-order valence-corrected chi connectivity index (χ2v) is 17.4. The van der Waals surface area contributed by atoms with Crippen molar-refractivity contribution in [3.8, 4) is 0 Å². The van der Waals surface area contributed by atoms with Crippen molar-refractivity contribution in [1.29, 1.82) is 0 Å². The van der Waals surface area contributed by atoms with E-state index < -0.39 is 145 Å². The standard InChI is InChI=1S/C38H66N12O12S/c1-6-19(2)32(47-30(55)12-40)37(60)43-13-31(56)45-26(18-63(62)22(5)44-20(3)14-49-8-7-23(11-39)15-49)35(58)46-25(10-29(41)54)38(61)50-16-24(52)9-27(50)36(59)48-33(34(42)57)21(4)28(53)17-51/h19,21,23-28,32-33,44,51-53H,3,5-18,39-40H2,1-2,4H3,(H2,41,54)(H2,42,57)(H,43,60)(H,45,56)(H,46,58)(H,47,55)(H,48,59)/t19-,21-,23?,24+,25-,26-,27-,28-,32-,33-,63?/m0/s1. The number of nitrogens with two attached hydrogens (primary N) is 4. The van der Waals surface area contributed by atoms with Crippen LogP contribution in [-0.2, 0) is 49.5 Å². The van der Waals surface area contributed by atoms with E-state index in [1.165, 1.54) is 6.92 Å². The third kappa shape index (κ3) is 17.0. The molecule has 0 aromatic carbocycles. The van der Waals surface area contributed by atoms with Gasteiger partial charge in [0.05, 0.1) is 38.3 Å². The van der Waals surface area contributed by atoms with Crippen molar-refractivity contribution in [3.05, 3.63) is 23.9 Å². The predicted octanol–water partition coefficient (Wildman–Crippen LogP) is -7.04. The van der Waals surface area contributed by atoms with Crippen LogP contribution in [0.5, 0.6) is 0 Å². The molecular weight excluding hydrogens is 849 g/mol. The van der Waals surface area contributed by atoms with Gasteiger partial charge in [0.2, 0.25) is 52.3 Å². The van der Waals surface area contributed by atoms with Crippen LogP contribution in [0.3, 0.4) is 0 Å². The molecule has 17 N–H and O–H groups in total. The highest BCUT2D eigenvalue weighted by atomic mass is 32.2. The molecule has 2 fully saturated rings. The van der Waals surface area contributed by atoms with E-state index in [9.17, 15) is 58.2 Å². The van der Waals surface area contributed by atoms with Crippen molar-refractivity contribution < 1.29 is 58.2 Å². The van der Waals surface area contributed by atoms with Gasteiger partial charge in [-0.15, -0.1) is 0 Å². The molecule has 0 aromatic rings. The van der Waals surface area contributed by atoms with Gasteiger partial charge in [0.25, 0.3) is 0 Å². The Morgan fingerprint density at radius 2 is 1.59 bits per heavy atom. The number of aliphatic hydroxyl groups excluding tert-OH is 3. The lowest BCUT2D eigenvalue weighted by Crippen LogP contribution is -2.60. The molecule has 0 aromatic heterocycles. The maximum absolute atomic E-state index is 14.1. The van der Waals surface area contributed by atoms with E-state index in [1.54, 1.807) is 13.8 Å². The van der Waals surface area contributed by atoms with Gasteiger partial charge >= 0.3 is 0 Å². The smallest absolute Gasteiger partial charge is 0.248 e. The van der Waals surface area contributed by atoms with Gasteiger partial charge < -0.3 is 79.6 Å². The highest BCUT2D eigenvalue weighted by molar-refractivity contribution is 7.95. The third-order valence-electron chi connectivity index (χ3n) is 10.9. The summed E-state index contributed by atoms with van der Waals surface area (Å²) in [6, 6.07) is -7.66. The van der Waals surface area contributed by atoms with Crippen LogP contribution in [0.4, 0.5) is 0 Å².